The van der Waals surface area contributed by atoms with Crippen LogP contribution in [0.1, 0.15) is 4.28 Å². The van der Waals surface area contributed by atoms with Gasteiger partial charge in [0.25, 0.3) is 5.56 Å². The van der Waals surface area contributed by atoms with Crippen molar-refractivity contribution in [2.24, 2.45) is 0 Å². The van der Waals surface area contributed by atoms with E-state index in [-0.39, 0.29) is 104 Å². The summed E-state index contributed by atoms with van der Waals surface area (Å²) in [6.07, 6.45) is 0. The van der Waals surface area contributed by atoms with Crippen LogP contribution in [0.4, 0.5) is 0 Å². The molecule has 0 aliphatic carbocycles. The van der Waals surface area contributed by atoms with Crippen LogP contribution in [0.25, 0.3) is 11.2 Å². The predicted molar refractivity (Wildman–Crippen MR) is 43.5 cm³/mol. The smallest absolute Gasteiger partial charge is 1.00 e. The number of hydrogen-bond acceptors (Lipinski definition) is 3. The molecule has 0 saturated heterocycles. The van der Waals surface area contributed by atoms with E-state index in [9.17, 15) is 14.4 Å². The topological polar surface area (TPSA) is 114 Å². The molecule has 0 bridgehead atoms. The molecule has 0 unspecified atom stereocenters. The molecule has 0 fully saturated rings. The molecule has 0 aromatic carbocycles. The second-order valence-corrected chi connectivity index (χ2v) is 2.24. The van der Waals surface area contributed by atoms with Crippen molar-refractivity contribution in [2.45, 2.75) is 0 Å². The summed E-state index contributed by atoms with van der Waals surface area (Å²) < 4.78 is 0. The molecule has 2 aromatic rings. The van der Waals surface area contributed by atoms with Gasteiger partial charge in [0.2, 0.25) is 0 Å². The molecule has 0 aliphatic rings. The van der Waals surface area contributed by atoms with Crippen LogP contribution in [0.3, 0.4) is 0 Å². The Hall–Kier alpha value is 0.950. The third-order valence-electron chi connectivity index (χ3n) is 1.42. The number of imidazole rings is 1. The number of rotatable bonds is 0. The van der Waals surface area contributed by atoms with Crippen LogP contribution in [0.5, 0.6) is 0 Å². The van der Waals surface area contributed by atoms with Gasteiger partial charge in [0.05, 0.1) is 0 Å². The molecule has 0 spiro atoms. The molecule has 0 atom stereocenters. The average molecular weight is 240 g/mol. The maximum absolute atomic E-state index is 10.9. The van der Waals surface area contributed by atoms with Crippen molar-refractivity contribution in [2.75, 3.05) is 0 Å². The van der Waals surface area contributed by atoms with Crippen molar-refractivity contribution in [3.63, 3.8) is 0 Å². The van der Waals surface area contributed by atoms with Crippen molar-refractivity contribution >= 4 is 11.2 Å². The Labute approximate surface area is 153 Å². The van der Waals surface area contributed by atoms with E-state index in [1.54, 1.807) is 0 Å². The van der Waals surface area contributed by atoms with E-state index in [2.05, 4.69) is 15.0 Å². The summed E-state index contributed by atoms with van der Waals surface area (Å²) in [6, 6.07) is 0. The van der Waals surface area contributed by atoms with Gasteiger partial charge < -0.3 is 4.28 Å². The zero-order chi connectivity index (χ0) is 8.72. The Morgan fingerprint density at radius 3 is 1.73 bits per heavy atom. The van der Waals surface area contributed by atoms with Crippen molar-refractivity contribution < 1.29 is 93.0 Å². The number of nitrogens with one attached hydrogen (secondary N) is 4. The van der Waals surface area contributed by atoms with Crippen molar-refractivity contribution in [1.82, 2.24) is 19.9 Å². The summed E-state index contributed by atoms with van der Waals surface area (Å²) in [5.41, 5.74) is -1.65. The summed E-state index contributed by atoms with van der Waals surface area (Å²) in [7, 11) is 0. The normalized spacial score (nSPS) is 8.53. The number of fused-ring (bicyclic) bond motifs is 1. The van der Waals surface area contributed by atoms with E-state index in [0.717, 1.165) is 0 Å². The molecule has 0 aliphatic heterocycles. The Bertz CT molecular complexity index is 605. The molecule has 0 radical (unpaired) electrons. The third-order valence-corrected chi connectivity index (χ3v) is 1.42. The molecule has 0 amide bonds. The van der Waals surface area contributed by atoms with Gasteiger partial charge in [-0.1, -0.05) is 0 Å². The first-order valence-corrected chi connectivity index (χ1v) is 3.11. The predicted octanol–water partition coefficient (Wildman–Crippen LogP) is -10.4. The molecule has 0 saturated carbocycles. The fourth-order valence-electron chi connectivity index (χ4n) is 0.958. The first-order valence-electron chi connectivity index (χ1n) is 3.11. The van der Waals surface area contributed by atoms with Gasteiger partial charge in [-0.3, -0.25) is 24.7 Å². The van der Waals surface area contributed by atoms with Crippen LogP contribution in [0, 0.1) is 0 Å². The van der Waals surface area contributed by atoms with Gasteiger partial charge in [0.15, 0.2) is 0 Å². The van der Waals surface area contributed by atoms with Gasteiger partial charge in [0.1, 0.15) is 11.2 Å². The molecule has 68 valence electrons. The van der Waals surface area contributed by atoms with Crippen LogP contribution in [0.2, 0.25) is 0 Å². The zero-order valence-corrected chi connectivity index (χ0v) is 14.7. The van der Waals surface area contributed by atoms with Gasteiger partial charge >= 0.3 is 100 Å². The molecule has 10 heteroatoms. The van der Waals surface area contributed by atoms with E-state index in [0.29, 0.717) is 0 Å². The van der Waals surface area contributed by atoms with E-state index in [1.807, 2.05) is 4.98 Å². The average Bonchev–Trinajstić information content (AvgIpc) is 2.29. The fraction of sp³-hybridized carbons (Fsp3) is 0. The van der Waals surface area contributed by atoms with Gasteiger partial charge in [-0.15, -0.1) is 0 Å². The summed E-state index contributed by atoms with van der Waals surface area (Å²) in [5.74, 6) is 0. The van der Waals surface area contributed by atoms with Crippen molar-refractivity contribution in [1.29, 1.82) is 0 Å². The Kier molecular flexibility index (Phi) is 8.93. The Balaban J connectivity index is -0.0000000939. The van der Waals surface area contributed by atoms with Crippen LogP contribution in [-0.4, -0.2) is 19.9 Å². The minimum Gasteiger partial charge on any atom is -1.00 e. The summed E-state index contributed by atoms with van der Waals surface area (Å²) in [5, 5.41) is 0. The molecular weight excluding hydrogens is 233 g/mol. The zero-order valence-electron chi connectivity index (χ0n) is 11.7. The molecule has 4 N–H and O–H groups in total. The molecule has 2 rings (SSSR count). The fourth-order valence-corrected chi connectivity index (χ4v) is 0.958. The minimum atomic E-state index is -0.650. The summed E-state index contributed by atoms with van der Waals surface area (Å²) >= 11 is 0. The maximum Gasteiger partial charge on any atom is 1.00 e. The van der Waals surface area contributed by atoms with Gasteiger partial charge in [0, 0.05) is 0 Å². The van der Waals surface area contributed by atoms with Crippen LogP contribution in [0.15, 0.2) is 14.4 Å². The van der Waals surface area contributed by atoms with Crippen molar-refractivity contribution in [3.05, 3.63) is 31.3 Å². The quantitative estimate of drug-likeness (QED) is 0.343. The second-order valence-electron chi connectivity index (χ2n) is 2.24. The number of hydrogen-bond donors (Lipinski definition) is 4. The van der Waals surface area contributed by atoms with Crippen LogP contribution in [-0.2, 0) is 0 Å². The summed E-state index contributed by atoms with van der Waals surface area (Å²) in [4.78, 5) is 41.0. The van der Waals surface area contributed by atoms with Gasteiger partial charge in [-0.05, 0) is 0 Å². The first-order chi connectivity index (χ1) is 5.66. The number of aromatic amines is 4. The van der Waals surface area contributed by atoms with E-state index in [4.69, 9.17) is 0 Å². The Morgan fingerprint density at radius 1 is 0.733 bits per heavy atom. The molecule has 2 aromatic heterocycles. The van der Waals surface area contributed by atoms with Gasteiger partial charge in [-0.2, -0.15) is 0 Å². The summed E-state index contributed by atoms with van der Waals surface area (Å²) in [6.45, 7) is 0. The third kappa shape index (κ3) is 4.03. The Morgan fingerprint density at radius 2 is 1.20 bits per heavy atom. The van der Waals surface area contributed by atoms with Gasteiger partial charge in [-0.25, -0.2) is 9.59 Å². The number of H-pyrrole nitrogens is 4. The first kappa shape index (κ1) is 18.3. The second kappa shape index (κ2) is 7.31. The molecule has 7 nitrogen and oxygen atoms in total. The van der Waals surface area contributed by atoms with E-state index >= 15 is 0 Å². The van der Waals surface area contributed by atoms with E-state index < -0.39 is 16.9 Å². The van der Waals surface area contributed by atoms with Crippen LogP contribution >= 0.6 is 0 Å². The minimum absolute atomic E-state index is 0. The largest absolute Gasteiger partial charge is 1.00 e. The maximum atomic E-state index is 10.9. The number of aromatic nitrogens is 4. The van der Waals surface area contributed by atoms with Crippen molar-refractivity contribution in [3.8, 4) is 0 Å². The molecular formula is C5H7N4Na3O3. The van der Waals surface area contributed by atoms with E-state index in [1.165, 1.54) is 0 Å². The SMILES string of the molecule is O=c1[nH]c(=O)c2[nH]c(=O)[nH]c2[nH]1.[H-].[H-].[H-].[Na+].[Na+].[Na+]. The molecule has 15 heavy (non-hydrogen) atoms. The molecule has 2 heterocycles. The van der Waals surface area contributed by atoms with Crippen LogP contribution < -0.4 is 106 Å². The standard InChI is InChI=1S/C5H4N4O3.3Na.3H/c10-3-1-2(7-4(11)6-1)8-5(12)9-3;;;;;;/h(H4,6,7,8,9,10,11,12);;;;;;/q;3*+1;3*-1. The monoisotopic (exact) mass is 240 g/mol.